The molecular formula is C11H6N2O2S. The summed E-state index contributed by atoms with van der Waals surface area (Å²) >= 11 is 1.49. The Bertz CT molecular complexity index is 662. The summed E-state index contributed by atoms with van der Waals surface area (Å²) in [6.07, 6.45) is 1.38. The zero-order chi connectivity index (χ0) is 11.1. The van der Waals surface area contributed by atoms with Crippen LogP contribution in [0.2, 0.25) is 0 Å². The molecule has 2 heterocycles. The van der Waals surface area contributed by atoms with Crippen LogP contribution in [0.4, 0.5) is 0 Å². The molecule has 3 rings (SSSR count). The quantitative estimate of drug-likeness (QED) is 0.697. The third-order valence-electron chi connectivity index (χ3n) is 2.42. The molecule has 0 spiro atoms. The van der Waals surface area contributed by atoms with Gasteiger partial charge in [-0.15, -0.1) is 11.3 Å². The zero-order valence-electron chi connectivity index (χ0n) is 8.04. The van der Waals surface area contributed by atoms with Gasteiger partial charge in [-0.2, -0.15) is 0 Å². The molecule has 2 aliphatic rings. The van der Waals surface area contributed by atoms with Crippen molar-refractivity contribution in [3.63, 3.8) is 0 Å². The third-order valence-corrected chi connectivity index (χ3v) is 3.22. The summed E-state index contributed by atoms with van der Waals surface area (Å²) in [4.78, 5) is 19.4. The summed E-state index contributed by atoms with van der Waals surface area (Å²) in [6, 6.07) is 5.58. The van der Waals surface area contributed by atoms with Gasteiger partial charge in [0.25, 0.3) is 0 Å². The minimum atomic E-state index is -0.969. The van der Waals surface area contributed by atoms with Crippen LogP contribution in [0.25, 0.3) is 21.5 Å². The van der Waals surface area contributed by atoms with Crippen molar-refractivity contribution in [3.8, 4) is 11.3 Å². The van der Waals surface area contributed by atoms with E-state index in [2.05, 4.69) is 9.97 Å². The number of carboxylic acids is 1. The summed E-state index contributed by atoms with van der Waals surface area (Å²) < 4.78 is 0.963. The number of aromatic carboxylic acids is 1. The first-order chi connectivity index (χ1) is 7.77. The van der Waals surface area contributed by atoms with Crippen molar-refractivity contribution in [1.29, 1.82) is 0 Å². The number of thiazole rings is 1. The van der Waals surface area contributed by atoms with E-state index in [9.17, 15) is 4.79 Å². The van der Waals surface area contributed by atoms with Gasteiger partial charge in [0.05, 0.1) is 27.0 Å². The molecule has 1 N–H and O–H groups in total. The Hall–Kier alpha value is -2.01. The maximum Gasteiger partial charge on any atom is 0.338 e. The monoisotopic (exact) mass is 230 g/mol. The molecule has 0 unspecified atom stereocenters. The molecule has 0 amide bonds. The van der Waals surface area contributed by atoms with E-state index in [0.29, 0.717) is 16.8 Å². The second-order valence-electron chi connectivity index (χ2n) is 3.33. The van der Waals surface area contributed by atoms with Crippen molar-refractivity contribution < 1.29 is 9.90 Å². The molecule has 0 fully saturated rings. The van der Waals surface area contributed by atoms with Crippen LogP contribution in [0.5, 0.6) is 0 Å². The molecule has 0 atom stereocenters. The minimum Gasteiger partial charge on any atom is -0.478 e. The first-order valence-corrected chi connectivity index (χ1v) is 5.49. The standard InChI is InChI=1S/C11H6N2O2S/c14-11(15)6-4-12-7-2-1-3-8-10(9(6)7)13-5-16-8/h1-5H,(H,14,15). The number of hydrogen-bond acceptors (Lipinski definition) is 4. The van der Waals surface area contributed by atoms with E-state index in [0.717, 1.165) is 4.70 Å². The van der Waals surface area contributed by atoms with E-state index in [4.69, 9.17) is 5.11 Å². The molecule has 1 aromatic rings. The number of aromatic nitrogens is 2. The number of carboxylic acid groups (broad SMARTS) is 1. The van der Waals surface area contributed by atoms with Crippen molar-refractivity contribution in [2.24, 2.45) is 0 Å². The van der Waals surface area contributed by atoms with Gasteiger partial charge >= 0.3 is 5.97 Å². The number of hydrogen-bond donors (Lipinski definition) is 1. The average molecular weight is 230 g/mol. The Balaban J connectivity index is 2.51. The predicted molar refractivity (Wildman–Crippen MR) is 61.0 cm³/mol. The van der Waals surface area contributed by atoms with Crippen molar-refractivity contribution in [2.45, 2.75) is 0 Å². The van der Waals surface area contributed by atoms with E-state index < -0.39 is 5.97 Å². The van der Waals surface area contributed by atoms with Crippen molar-refractivity contribution in [2.75, 3.05) is 0 Å². The van der Waals surface area contributed by atoms with Crippen molar-refractivity contribution in [1.82, 2.24) is 9.97 Å². The number of nitrogens with zero attached hydrogens (tertiary/aromatic N) is 2. The van der Waals surface area contributed by atoms with Crippen LogP contribution >= 0.6 is 11.3 Å². The fraction of sp³-hybridized carbons (Fsp3) is 0. The molecule has 1 aliphatic heterocycles. The SMILES string of the molecule is O=C(O)c1cnc2cccc3scnc3c1-2. The highest BCUT2D eigenvalue weighted by Crippen LogP contribution is 2.32. The number of rotatable bonds is 1. The molecule has 78 valence electrons. The average Bonchev–Trinajstić information content (AvgIpc) is 2.82. The molecule has 0 saturated heterocycles. The second-order valence-corrected chi connectivity index (χ2v) is 4.21. The Morgan fingerprint density at radius 3 is 3.00 bits per heavy atom. The van der Waals surface area contributed by atoms with Gasteiger partial charge in [0.1, 0.15) is 0 Å². The summed E-state index contributed by atoms with van der Waals surface area (Å²) in [5.74, 6) is -0.969. The Labute approximate surface area is 94.5 Å². The van der Waals surface area contributed by atoms with Crippen LogP contribution in [0, 0.1) is 0 Å². The van der Waals surface area contributed by atoms with E-state index >= 15 is 0 Å². The molecular weight excluding hydrogens is 224 g/mol. The smallest absolute Gasteiger partial charge is 0.338 e. The van der Waals surface area contributed by atoms with E-state index in [-0.39, 0.29) is 5.56 Å². The minimum absolute atomic E-state index is 0.210. The van der Waals surface area contributed by atoms with Crippen molar-refractivity contribution in [3.05, 3.63) is 35.5 Å². The summed E-state index contributed by atoms with van der Waals surface area (Å²) in [6.45, 7) is 0. The third kappa shape index (κ3) is 1.18. The molecule has 4 nitrogen and oxygen atoms in total. The lowest BCUT2D eigenvalue weighted by Gasteiger charge is -1.94. The van der Waals surface area contributed by atoms with Gasteiger partial charge in [0.15, 0.2) is 0 Å². The van der Waals surface area contributed by atoms with Crippen LogP contribution in [-0.2, 0) is 0 Å². The molecule has 16 heavy (non-hydrogen) atoms. The molecule has 1 aromatic heterocycles. The fourth-order valence-electron chi connectivity index (χ4n) is 1.73. The van der Waals surface area contributed by atoms with Crippen molar-refractivity contribution >= 4 is 27.5 Å². The largest absolute Gasteiger partial charge is 0.478 e. The topological polar surface area (TPSA) is 63.1 Å². The number of carbonyl (C=O) groups is 1. The van der Waals surface area contributed by atoms with Gasteiger partial charge < -0.3 is 5.11 Å². The van der Waals surface area contributed by atoms with Crippen LogP contribution in [0.1, 0.15) is 10.4 Å². The second kappa shape index (κ2) is 3.24. The van der Waals surface area contributed by atoms with E-state index in [1.807, 2.05) is 12.1 Å². The maximum atomic E-state index is 11.1. The molecule has 0 saturated carbocycles. The Morgan fingerprint density at radius 2 is 2.19 bits per heavy atom. The molecule has 0 bridgehead atoms. The Kier molecular flexibility index (Phi) is 1.87. The van der Waals surface area contributed by atoms with Crippen LogP contribution in [0.3, 0.4) is 0 Å². The summed E-state index contributed by atoms with van der Waals surface area (Å²) in [5.41, 5.74) is 3.91. The molecule has 0 radical (unpaired) electrons. The number of fused-ring (bicyclic) bond motifs is 3. The first kappa shape index (κ1) is 9.23. The maximum absolute atomic E-state index is 11.1. The highest BCUT2D eigenvalue weighted by Gasteiger charge is 2.19. The lowest BCUT2D eigenvalue weighted by Crippen LogP contribution is -1.95. The zero-order valence-corrected chi connectivity index (χ0v) is 8.86. The first-order valence-electron chi connectivity index (χ1n) is 4.61. The highest BCUT2D eigenvalue weighted by atomic mass is 32.1. The van der Waals surface area contributed by atoms with E-state index in [1.165, 1.54) is 17.5 Å². The van der Waals surface area contributed by atoms with Gasteiger partial charge in [-0.1, -0.05) is 6.07 Å². The van der Waals surface area contributed by atoms with Gasteiger partial charge in [0, 0.05) is 11.8 Å². The predicted octanol–water partition coefficient (Wildman–Crippen LogP) is 2.49. The van der Waals surface area contributed by atoms with Crippen LogP contribution in [-0.4, -0.2) is 21.0 Å². The van der Waals surface area contributed by atoms with Gasteiger partial charge in [-0.3, -0.25) is 4.98 Å². The lowest BCUT2D eigenvalue weighted by atomic mass is 10.1. The summed E-state index contributed by atoms with van der Waals surface area (Å²) in [7, 11) is 0. The molecule has 1 aliphatic carbocycles. The highest BCUT2D eigenvalue weighted by molar-refractivity contribution is 7.16. The van der Waals surface area contributed by atoms with Crippen LogP contribution in [0.15, 0.2) is 29.9 Å². The van der Waals surface area contributed by atoms with Gasteiger partial charge in [0.2, 0.25) is 0 Å². The fourth-order valence-corrected chi connectivity index (χ4v) is 2.42. The van der Waals surface area contributed by atoms with E-state index in [1.54, 1.807) is 11.6 Å². The molecule has 5 heteroatoms. The lowest BCUT2D eigenvalue weighted by molar-refractivity contribution is 0.0698. The summed E-state index contributed by atoms with van der Waals surface area (Å²) in [5, 5.41) is 9.09. The normalized spacial score (nSPS) is 11.0. The molecule has 0 aromatic carbocycles. The van der Waals surface area contributed by atoms with Gasteiger partial charge in [-0.25, -0.2) is 9.78 Å². The van der Waals surface area contributed by atoms with Gasteiger partial charge in [-0.05, 0) is 12.1 Å². The van der Waals surface area contributed by atoms with Crippen LogP contribution < -0.4 is 0 Å². The Morgan fingerprint density at radius 1 is 1.31 bits per heavy atom.